The fourth-order valence-electron chi connectivity index (χ4n) is 6.70. The van der Waals surface area contributed by atoms with Crippen molar-refractivity contribution in [3.63, 3.8) is 0 Å². The Morgan fingerprint density at radius 3 is 2.08 bits per heavy atom. The van der Waals surface area contributed by atoms with Crippen LogP contribution < -0.4 is 4.74 Å². The van der Waals surface area contributed by atoms with Gasteiger partial charge >= 0.3 is 0 Å². The Morgan fingerprint density at radius 2 is 1.50 bits per heavy atom. The van der Waals surface area contributed by atoms with Crippen LogP contribution in [0.5, 0.6) is 11.5 Å². The van der Waals surface area contributed by atoms with Crippen LogP contribution in [-0.2, 0) is 37.7 Å². The molecule has 0 unspecified atom stereocenters. The summed E-state index contributed by atoms with van der Waals surface area (Å²) in [5.74, 6) is 2.40. The number of rotatable bonds is 9. The monoisotopic (exact) mass is 827 g/mol. The van der Waals surface area contributed by atoms with Crippen LogP contribution in [0.4, 0.5) is 0 Å². The van der Waals surface area contributed by atoms with Crippen LogP contribution >= 0.6 is 0 Å². The van der Waals surface area contributed by atoms with Gasteiger partial charge in [-0.05, 0) is 78.9 Å². The largest absolute Gasteiger partial charge is 0.512 e. The first kappa shape index (κ1) is 39.4. The Bertz CT molecular complexity index is 1770. The number of ketones is 1. The van der Waals surface area contributed by atoms with Crippen molar-refractivity contribution < 1.29 is 34.7 Å². The summed E-state index contributed by atoms with van der Waals surface area (Å²) < 4.78 is 6.77. The van der Waals surface area contributed by atoms with Gasteiger partial charge in [-0.3, -0.25) is 9.78 Å². The van der Waals surface area contributed by atoms with Gasteiger partial charge in [0.2, 0.25) is 0 Å². The van der Waals surface area contributed by atoms with E-state index in [0.717, 1.165) is 72.1 Å². The summed E-state index contributed by atoms with van der Waals surface area (Å²) in [6, 6.07) is 16.8. The second-order valence-corrected chi connectivity index (χ2v) is 15.7. The van der Waals surface area contributed by atoms with E-state index >= 15 is 0 Å². The van der Waals surface area contributed by atoms with Crippen molar-refractivity contribution in [2.24, 2.45) is 22.7 Å². The van der Waals surface area contributed by atoms with E-state index in [1.54, 1.807) is 0 Å². The van der Waals surface area contributed by atoms with E-state index in [4.69, 9.17) is 9.72 Å². The SMILES string of the molecule is CCC(CC)C(=O)/C=C(\O)C(CC)CC.Cc1cnc2c3c(cc(CC(C)(C)C)cc13)Oc1c-2[c-]c2ccccc2c1CC(C)(C)C.[Ir]. The van der Waals surface area contributed by atoms with Crippen molar-refractivity contribution in [1.82, 2.24) is 4.98 Å². The van der Waals surface area contributed by atoms with Gasteiger partial charge in [0.25, 0.3) is 0 Å². The average Bonchev–Trinajstić information content (AvgIpc) is 2.99. The molecule has 1 aliphatic rings. The number of carbonyl (C=O) groups is 1. The van der Waals surface area contributed by atoms with Crippen LogP contribution in [-0.4, -0.2) is 15.9 Å². The van der Waals surface area contributed by atoms with Gasteiger partial charge in [0.1, 0.15) is 5.75 Å². The van der Waals surface area contributed by atoms with Crippen LogP contribution in [0.2, 0.25) is 0 Å². The normalized spacial score (nSPS) is 12.8. The van der Waals surface area contributed by atoms with Crippen LogP contribution in [0.25, 0.3) is 32.8 Å². The number of aromatic nitrogens is 1. The van der Waals surface area contributed by atoms with Crippen molar-refractivity contribution in [2.75, 3.05) is 0 Å². The number of hydrogen-bond donors (Lipinski definition) is 1. The smallest absolute Gasteiger partial charge is 0.162 e. The quantitative estimate of drug-likeness (QED) is 0.0913. The molecular weight excluding hydrogens is 771 g/mol. The second kappa shape index (κ2) is 16.1. The Labute approximate surface area is 303 Å². The fraction of sp³-hybridized carbons (Fsp3) is 0.488. The molecule has 4 aromatic rings. The molecule has 5 heteroatoms. The molecule has 0 aliphatic carbocycles. The van der Waals surface area contributed by atoms with Crippen molar-refractivity contribution in [3.8, 4) is 22.8 Å². The molecule has 0 atom stereocenters. The van der Waals surface area contributed by atoms with Crippen LogP contribution in [0.3, 0.4) is 0 Å². The maximum absolute atomic E-state index is 11.7. The summed E-state index contributed by atoms with van der Waals surface area (Å²) in [5.41, 5.74) is 6.07. The van der Waals surface area contributed by atoms with Gasteiger partial charge in [-0.25, -0.2) is 0 Å². The number of pyridine rings is 1. The molecule has 1 radical (unpaired) electrons. The zero-order valence-corrected chi connectivity index (χ0v) is 33.5. The van der Waals surface area contributed by atoms with Gasteiger partial charge in [-0.15, -0.1) is 17.5 Å². The molecular formula is C43H56IrNO3-. The molecule has 0 spiro atoms. The van der Waals surface area contributed by atoms with Crippen LogP contribution in [0.15, 0.2) is 54.4 Å². The molecule has 2 heterocycles. The summed E-state index contributed by atoms with van der Waals surface area (Å²) in [5, 5.41) is 14.5. The summed E-state index contributed by atoms with van der Waals surface area (Å²) >= 11 is 0. The average molecular weight is 827 g/mol. The summed E-state index contributed by atoms with van der Waals surface area (Å²) in [7, 11) is 0. The predicted molar refractivity (Wildman–Crippen MR) is 199 cm³/mol. The zero-order valence-electron chi connectivity index (χ0n) is 31.1. The summed E-state index contributed by atoms with van der Waals surface area (Å²) in [6.45, 7) is 23.9. The molecule has 48 heavy (non-hydrogen) atoms. The van der Waals surface area contributed by atoms with E-state index in [2.05, 4.69) is 90.9 Å². The van der Waals surface area contributed by atoms with E-state index in [-0.39, 0.29) is 54.3 Å². The molecule has 5 rings (SSSR count). The number of allylic oxidation sites excluding steroid dienone is 2. The number of aryl methyl sites for hydroxylation is 1. The molecule has 0 bridgehead atoms. The summed E-state index contributed by atoms with van der Waals surface area (Å²) in [4.78, 5) is 16.6. The third-order valence-corrected chi connectivity index (χ3v) is 9.20. The Kier molecular flexibility index (Phi) is 13.3. The number of aliphatic hydroxyl groups is 1. The number of carbonyl (C=O) groups excluding carboxylic acids is 1. The van der Waals surface area contributed by atoms with Gasteiger partial charge in [-0.2, -0.15) is 0 Å². The molecule has 1 aliphatic heterocycles. The number of nitrogens with zero attached hydrogens (tertiary/aromatic N) is 1. The van der Waals surface area contributed by atoms with E-state index in [1.807, 2.05) is 33.9 Å². The molecule has 0 amide bonds. The van der Waals surface area contributed by atoms with E-state index in [1.165, 1.54) is 33.5 Å². The third kappa shape index (κ3) is 9.15. The summed E-state index contributed by atoms with van der Waals surface area (Å²) in [6.07, 6.45) is 8.84. The minimum absolute atomic E-state index is 0. The van der Waals surface area contributed by atoms with Crippen LogP contribution in [0, 0.1) is 35.7 Å². The zero-order chi connectivity index (χ0) is 34.7. The number of hydrogen-bond acceptors (Lipinski definition) is 4. The van der Waals surface area contributed by atoms with Gasteiger partial charge in [0.15, 0.2) is 5.78 Å². The molecule has 4 nitrogen and oxygen atoms in total. The molecule has 261 valence electrons. The number of aliphatic hydroxyl groups excluding tert-OH is 1. The number of ether oxygens (including phenoxy) is 1. The van der Waals surface area contributed by atoms with Crippen molar-refractivity contribution in [1.29, 1.82) is 0 Å². The first-order chi connectivity index (χ1) is 22.1. The van der Waals surface area contributed by atoms with Crippen LogP contribution in [0.1, 0.15) is 112 Å². The second-order valence-electron chi connectivity index (χ2n) is 15.7. The van der Waals surface area contributed by atoms with E-state index in [9.17, 15) is 9.90 Å². The molecule has 0 saturated heterocycles. The number of fused-ring (bicyclic) bond motifs is 3. The minimum Gasteiger partial charge on any atom is -0.512 e. The topological polar surface area (TPSA) is 59.4 Å². The predicted octanol–water partition coefficient (Wildman–Crippen LogP) is 12.3. The van der Waals surface area contributed by atoms with Crippen molar-refractivity contribution >= 4 is 27.3 Å². The Balaban J connectivity index is 0.000000334. The standard InChI is InChI=1S/C30H32NO.C13H24O2.Ir/c1-18-17-31-27-23-14-20-10-8-9-11-21(20)24(16-30(5,6)7)28(23)32-25-13-19(15-29(2,3)4)12-22(18)26(25)27;1-5-10(6-2)12(14)9-13(15)11(7-3)8-4;/h8-13,17H,15-16H2,1-7H3;9-11,14H,5-8H2,1-4H3;/q-1;;/b;12-9-;. The molecule has 0 fully saturated rings. The molecule has 1 N–H and O–H groups in total. The molecule has 1 aromatic heterocycles. The van der Waals surface area contributed by atoms with Crippen molar-refractivity contribution in [2.45, 2.75) is 115 Å². The first-order valence-corrected chi connectivity index (χ1v) is 17.6. The van der Waals surface area contributed by atoms with Gasteiger partial charge in [0, 0.05) is 55.3 Å². The van der Waals surface area contributed by atoms with Gasteiger partial charge in [0.05, 0.1) is 11.5 Å². The third-order valence-electron chi connectivity index (χ3n) is 9.20. The van der Waals surface area contributed by atoms with E-state index < -0.39 is 0 Å². The maximum atomic E-state index is 11.7. The maximum Gasteiger partial charge on any atom is 0.162 e. The van der Waals surface area contributed by atoms with Crippen molar-refractivity contribution in [3.05, 3.63) is 77.2 Å². The van der Waals surface area contributed by atoms with Gasteiger partial charge in [-0.1, -0.05) is 110 Å². The minimum atomic E-state index is 0. The van der Waals surface area contributed by atoms with E-state index in [0.29, 0.717) is 0 Å². The Morgan fingerprint density at radius 1 is 0.896 bits per heavy atom. The Hall–Kier alpha value is -3.01. The fourth-order valence-corrected chi connectivity index (χ4v) is 6.70. The molecule has 3 aromatic carbocycles. The van der Waals surface area contributed by atoms with Gasteiger partial charge < -0.3 is 9.84 Å². The molecule has 0 saturated carbocycles. The first-order valence-electron chi connectivity index (χ1n) is 17.6. The number of benzene rings is 3.